The van der Waals surface area contributed by atoms with Crippen molar-refractivity contribution in [2.45, 2.75) is 19.8 Å². The van der Waals surface area contributed by atoms with Gasteiger partial charge in [0.2, 0.25) is 0 Å². The molecule has 1 heterocycles. The number of nitrogens with zero attached hydrogens (tertiary/aromatic N) is 2. The zero-order chi connectivity index (χ0) is 7.56. The second kappa shape index (κ2) is 2.97. The Kier molecular flexibility index (Phi) is 2.22. The van der Waals surface area contributed by atoms with Gasteiger partial charge in [-0.25, -0.2) is 9.97 Å². The smallest absolute Gasteiger partial charge is 0.115 e. The lowest BCUT2D eigenvalue weighted by Gasteiger charge is -2.03. The summed E-state index contributed by atoms with van der Waals surface area (Å²) in [6.45, 7) is 4.10. The molecule has 0 aliphatic rings. The van der Waals surface area contributed by atoms with Gasteiger partial charge in [0.05, 0.1) is 10.7 Å². The fourth-order valence-electron chi connectivity index (χ4n) is 0.747. The lowest BCUT2D eigenvalue weighted by molar-refractivity contribution is 0.814. The third-order valence-electron chi connectivity index (χ3n) is 1.24. The van der Waals surface area contributed by atoms with E-state index in [-0.39, 0.29) is 0 Å². The van der Waals surface area contributed by atoms with Crippen LogP contribution in [-0.4, -0.2) is 9.97 Å². The summed E-state index contributed by atoms with van der Waals surface area (Å²) < 4.78 is 0. The number of hydrogen-bond acceptors (Lipinski definition) is 2. The summed E-state index contributed by atoms with van der Waals surface area (Å²) in [4.78, 5) is 7.82. The molecule has 0 N–H and O–H groups in total. The van der Waals surface area contributed by atoms with E-state index >= 15 is 0 Å². The highest BCUT2D eigenvalue weighted by Gasteiger charge is 2.04. The fourth-order valence-corrected chi connectivity index (χ4v) is 1.07. The van der Waals surface area contributed by atoms with Gasteiger partial charge in [0.1, 0.15) is 6.33 Å². The molecule has 0 bridgehead atoms. The van der Waals surface area contributed by atoms with Crippen LogP contribution in [0.1, 0.15) is 25.5 Å². The molecule has 0 fully saturated rings. The number of halogens is 1. The molecule has 10 heavy (non-hydrogen) atoms. The van der Waals surface area contributed by atoms with Gasteiger partial charge in [0.25, 0.3) is 0 Å². The zero-order valence-electron chi connectivity index (χ0n) is 6.00. The first kappa shape index (κ1) is 7.48. The van der Waals surface area contributed by atoms with Gasteiger partial charge in [-0.2, -0.15) is 0 Å². The van der Waals surface area contributed by atoms with Crippen molar-refractivity contribution in [3.8, 4) is 0 Å². The van der Waals surface area contributed by atoms with E-state index in [2.05, 4.69) is 9.97 Å². The summed E-state index contributed by atoms with van der Waals surface area (Å²) in [6, 6.07) is 0. The minimum atomic E-state index is 0.371. The van der Waals surface area contributed by atoms with Gasteiger partial charge in [-0.15, -0.1) is 0 Å². The lowest BCUT2D eigenvalue weighted by Crippen LogP contribution is -1.93. The van der Waals surface area contributed by atoms with Crippen LogP contribution < -0.4 is 0 Å². The predicted octanol–water partition coefficient (Wildman–Crippen LogP) is 2.25. The molecule has 0 unspecified atom stereocenters. The van der Waals surface area contributed by atoms with Gasteiger partial charge < -0.3 is 0 Å². The Hall–Kier alpha value is -0.630. The van der Waals surface area contributed by atoms with Crippen LogP contribution >= 0.6 is 11.6 Å². The van der Waals surface area contributed by atoms with Crippen molar-refractivity contribution in [3.05, 3.63) is 23.2 Å². The van der Waals surface area contributed by atoms with E-state index in [1.807, 2.05) is 13.8 Å². The Morgan fingerprint density at radius 1 is 1.50 bits per heavy atom. The summed E-state index contributed by atoms with van der Waals surface area (Å²) in [5.74, 6) is 0.371. The molecule has 0 aromatic carbocycles. The van der Waals surface area contributed by atoms with Crippen molar-refractivity contribution in [3.63, 3.8) is 0 Å². The molecule has 0 saturated carbocycles. The van der Waals surface area contributed by atoms with Crippen molar-refractivity contribution in [2.24, 2.45) is 0 Å². The van der Waals surface area contributed by atoms with E-state index in [1.54, 1.807) is 6.20 Å². The Morgan fingerprint density at radius 3 is 2.60 bits per heavy atom. The van der Waals surface area contributed by atoms with Crippen LogP contribution in [-0.2, 0) is 0 Å². The first-order valence-electron chi connectivity index (χ1n) is 3.17. The number of rotatable bonds is 1. The van der Waals surface area contributed by atoms with Gasteiger partial charge in [-0.3, -0.25) is 0 Å². The normalized spacial score (nSPS) is 10.4. The Balaban J connectivity index is 3.03. The standard InChI is InChI=1S/C7H9ClN2/c1-5(2)7-6(8)3-9-4-10-7/h3-5H,1-2H3. The maximum absolute atomic E-state index is 5.79. The molecule has 3 heteroatoms. The molecule has 0 atom stereocenters. The maximum Gasteiger partial charge on any atom is 0.115 e. The quantitative estimate of drug-likeness (QED) is 0.624. The summed E-state index contributed by atoms with van der Waals surface area (Å²) in [5.41, 5.74) is 0.914. The topological polar surface area (TPSA) is 25.8 Å². The van der Waals surface area contributed by atoms with E-state index < -0.39 is 0 Å². The summed E-state index contributed by atoms with van der Waals surface area (Å²) in [5, 5.41) is 0.650. The third-order valence-corrected chi connectivity index (χ3v) is 1.53. The van der Waals surface area contributed by atoms with E-state index in [0.29, 0.717) is 10.9 Å². The molecule has 0 saturated heterocycles. The maximum atomic E-state index is 5.79. The summed E-state index contributed by atoms with van der Waals surface area (Å²) in [7, 11) is 0. The largest absolute Gasteiger partial charge is 0.243 e. The average Bonchev–Trinajstić information content (AvgIpc) is 1.88. The molecule has 0 radical (unpaired) electrons. The van der Waals surface area contributed by atoms with Crippen LogP contribution in [0, 0.1) is 0 Å². The SMILES string of the molecule is CC(C)c1ncncc1Cl. The van der Waals surface area contributed by atoms with Crippen LogP contribution in [0.5, 0.6) is 0 Å². The highest BCUT2D eigenvalue weighted by atomic mass is 35.5. The molecule has 0 amide bonds. The molecular weight excluding hydrogens is 148 g/mol. The fraction of sp³-hybridized carbons (Fsp3) is 0.429. The van der Waals surface area contributed by atoms with Gasteiger partial charge >= 0.3 is 0 Å². The van der Waals surface area contributed by atoms with Crippen LogP contribution in [0.4, 0.5) is 0 Å². The average molecular weight is 157 g/mol. The van der Waals surface area contributed by atoms with Crippen LogP contribution in [0.25, 0.3) is 0 Å². The Bertz CT molecular complexity index is 223. The summed E-state index contributed by atoms with van der Waals surface area (Å²) >= 11 is 5.79. The predicted molar refractivity (Wildman–Crippen MR) is 41.1 cm³/mol. The van der Waals surface area contributed by atoms with Crippen molar-refractivity contribution in [1.82, 2.24) is 9.97 Å². The molecular formula is C7H9ClN2. The Morgan fingerprint density at radius 2 is 2.20 bits per heavy atom. The van der Waals surface area contributed by atoms with Crippen molar-refractivity contribution >= 4 is 11.6 Å². The monoisotopic (exact) mass is 156 g/mol. The van der Waals surface area contributed by atoms with Crippen LogP contribution in [0.2, 0.25) is 5.02 Å². The first-order chi connectivity index (χ1) is 4.72. The van der Waals surface area contributed by atoms with Gasteiger partial charge in [0.15, 0.2) is 0 Å². The Labute approximate surface area is 65.3 Å². The number of aromatic nitrogens is 2. The first-order valence-corrected chi connectivity index (χ1v) is 3.55. The second-order valence-corrected chi connectivity index (χ2v) is 2.82. The molecule has 0 aliphatic heterocycles. The van der Waals surface area contributed by atoms with E-state index in [4.69, 9.17) is 11.6 Å². The van der Waals surface area contributed by atoms with Gasteiger partial charge in [-0.1, -0.05) is 25.4 Å². The lowest BCUT2D eigenvalue weighted by atomic mass is 10.1. The van der Waals surface area contributed by atoms with E-state index in [0.717, 1.165) is 5.69 Å². The molecule has 1 rings (SSSR count). The molecule has 0 aliphatic carbocycles. The van der Waals surface area contributed by atoms with Gasteiger partial charge in [-0.05, 0) is 5.92 Å². The molecule has 1 aromatic rings. The van der Waals surface area contributed by atoms with Crippen molar-refractivity contribution < 1.29 is 0 Å². The van der Waals surface area contributed by atoms with E-state index in [9.17, 15) is 0 Å². The molecule has 0 spiro atoms. The van der Waals surface area contributed by atoms with Crippen LogP contribution in [0.15, 0.2) is 12.5 Å². The van der Waals surface area contributed by atoms with Crippen molar-refractivity contribution in [1.29, 1.82) is 0 Å². The minimum absolute atomic E-state index is 0.371. The second-order valence-electron chi connectivity index (χ2n) is 2.41. The molecule has 54 valence electrons. The highest BCUT2D eigenvalue weighted by Crippen LogP contribution is 2.19. The molecule has 1 aromatic heterocycles. The highest BCUT2D eigenvalue weighted by molar-refractivity contribution is 6.31. The zero-order valence-corrected chi connectivity index (χ0v) is 6.76. The molecule has 2 nitrogen and oxygen atoms in total. The van der Waals surface area contributed by atoms with Crippen molar-refractivity contribution in [2.75, 3.05) is 0 Å². The van der Waals surface area contributed by atoms with Gasteiger partial charge in [0, 0.05) is 6.20 Å². The minimum Gasteiger partial charge on any atom is -0.243 e. The van der Waals surface area contributed by atoms with Crippen LogP contribution in [0.3, 0.4) is 0 Å². The summed E-state index contributed by atoms with van der Waals surface area (Å²) in [6.07, 6.45) is 3.13. The number of hydrogen-bond donors (Lipinski definition) is 0. The third kappa shape index (κ3) is 1.45. The van der Waals surface area contributed by atoms with E-state index in [1.165, 1.54) is 6.33 Å².